The standard InChI is InChI=1S/C17H23ClN2O3/c1-20(11-8-15(21)22)16(23)19-12-17(9-2-3-10-17)13-4-6-14(18)7-5-13/h4-7H,2-3,8-12H2,1H3,(H,19,23)(H,21,22). The Kier molecular flexibility index (Phi) is 5.88. The molecule has 1 fully saturated rings. The average molecular weight is 339 g/mol. The number of urea groups is 1. The number of carboxylic acid groups (broad SMARTS) is 1. The number of carboxylic acids is 1. The van der Waals surface area contributed by atoms with Gasteiger partial charge in [-0.25, -0.2) is 4.79 Å². The van der Waals surface area contributed by atoms with Crippen molar-refractivity contribution >= 4 is 23.6 Å². The molecule has 1 aliphatic rings. The largest absolute Gasteiger partial charge is 0.481 e. The third kappa shape index (κ3) is 4.61. The average Bonchev–Trinajstić information content (AvgIpc) is 3.01. The van der Waals surface area contributed by atoms with Gasteiger partial charge in [-0.1, -0.05) is 36.6 Å². The predicted octanol–water partition coefficient (Wildman–Crippen LogP) is 3.27. The number of aliphatic carboxylic acids is 1. The summed E-state index contributed by atoms with van der Waals surface area (Å²) >= 11 is 5.97. The van der Waals surface area contributed by atoms with Crippen LogP contribution in [0.5, 0.6) is 0 Å². The van der Waals surface area contributed by atoms with Crippen LogP contribution < -0.4 is 5.32 Å². The lowest BCUT2D eigenvalue weighted by Crippen LogP contribution is -2.44. The van der Waals surface area contributed by atoms with Crippen LogP contribution in [0.15, 0.2) is 24.3 Å². The van der Waals surface area contributed by atoms with E-state index in [1.165, 1.54) is 10.5 Å². The molecule has 0 atom stereocenters. The molecule has 0 heterocycles. The van der Waals surface area contributed by atoms with Crippen LogP contribution >= 0.6 is 11.6 Å². The highest BCUT2D eigenvalue weighted by Gasteiger charge is 2.36. The molecule has 0 radical (unpaired) electrons. The Labute approximate surface area is 141 Å². The molecule has 126 valence electrons. The quantitative estimate of drug-likeness (QED) is 0.836. The summed E-state index contributed by atoms with van der Waals surface area (Å²) in [5.74, 6) is -0.905. The SMILES string of the molecule is CN(CCC(=O)O)C(=O)NCC1(c2ccc(Cl)cc2)CCCC1. The van der Waals surface area contributed by atoms with Crippen molar-refractivity contribution in [2.24, 2.45) is 0 Å². The molecule has 0 aromatic heterocycles. The first-order valence-electron chi connectivity index (χ1n) is 7.90. The molecular formula is C17H23ClN2O3. The fourth-order valence-corrected chi connectivity index (χ4v) is 3.29. The lowest BCUT2D eigenvalue weighted by atomic mass is 9.79. The van der Waals surface area contributed by atoms with Crippen LogP contribution in [-0.4, -0.2) is 42.1 Å². The molecule has 1 aromatic carbocycles. The number of benzene rings is 1. The van der Waals surface area contributed by atoms with Crippen LogP contribution in [0.4, 0.5) is 4.79 Å². The van der Waals surface area contributed by atoms with Crippen molar-refractivity contribution in [3.63, 3.8) is 0 Å². The van der Waals surface area contributed by atoms with E-state index in [2.05, 4.69) is 5.32 Å². The van der Waals surface area contributed by atoms with E-state index in [1.807, 2.05) is 24.3 Å². The zero-order chi connectivity index (χ0) is 16.9. The second-order valence-electron chi connectivity index (χ2n) is 6.22. The molecule has 1 saturated carbocycles. The second-order valence-corrected chi connectivity index (χ2v) is 6.65. The van der Waals surface area contributed by atoms with Gasteiger partial charge in [-0.15, -0.1) is 0 Å². The highest BCUT2D eigenvalue weighted by molar-refractivity contribution is 6.30. The minimum atomic E-state index is -0.905. The first-order valence-corrected chi connectivity index (χ1v) is 8.27. The molecule has 2 rings (SSSR count). The molecule has 0 saturated heterocycles. The molecule has 0 unspecified atom stereocenters. The number of amides is 2. The number of halogens is 1. The van der Waals surface area contributed by atoms with Crippen molar-refractivity contribution < 1.29 is 14.7 Å². The van der Waals surface area contributed by atoms with Gasteiger partial charge in [-0.3, -0.25) is 4.79 Å². The number of hydrogen-bond donors (Lipinski definition) is 2. The fourth-order valence-electron chi connectivity index (χ4n) is 3.17. The van der Waals surface area contributed by atoms with Gasteiger partial charge in [0.1, 0.15) is 0 Å². The van der Waals surface area contributed by atoms with E-state index in [0.29, 0.717) is 11.6 Å². The normalized spacial score (nSPS) is 16.1. The zero-order valence-corrected chi connectivity index (χ0v) is 14.1. The number of carbonyl (C=O) groups excluding carboxylic acids is 1. The number of carbonyl (C=O) groups is 2. The molecular weight excluding hydrogens is 316 g/mol. The minimum absolute atomic E-state index is 0.0477. The van der Waals surface area contributed by atoms with Gasteiger partial charge in [0.2, 0.25) is 0 Å². The third-order valence-electron chi connectivity index (χ3n) is 4.60. The molecule has 2 amide bonds. The smallest absolute Gasteiger partial charge is 0.317 e. The molecule has 1 aliphatic carbocycles. The number of nitrogens with zero attached hydrogens (tertiary/aromatic N) is 1. The molecule has 1 aromatic rings. The molecule has 0 spiro atoms. The van der Waals surface area contributed by atoms with E-state index in [4.69, 9.17) is 16.7 Å². The second kappa shape index (κ2) is 7.68. The molecule has 5 nitrogen and oxygen atoms in total. The van der Waals surface area contributed by atoms with E-state index in [1.54, 1.807) is 7.05 Å². The van der Waals surface area contributed by atoms with Crippen LogP contribution in [0.3, 0.4) is 0 Å². The highest BCUT2D eigenvalue weighted by Crippen LogP contribution is 2.40. The van der Waals surface area contributed by atoms with Crippen LogP contribution in [0, 0.1) is 0 Å². The summed E-state index contributed by atoms with van der Waals surface area (Å²) in [4.78, 5) is 24.1. The van der Waals surface area contributed by atoms with Crippen molar-refractivity contribution in [1.82, 2.24) is 10.2 Å². The van der Waals surface area contributed by atoms with Gasteiger partial charge in [0.15, 0.2) is 0 Å². The Morgan fingerprint density at radius 2 is 1.87 bits per heavy atom. The summed E-state index contributed by atoms with van der Waals surface area (Å²) in [5, 5.41) is 12.4. The van der Waals surface area contributed by atoms with Crippen LogP contribution in [-0.2, 0) is 10.2 Å². The maximum Gasteiger partial charge on any atom is 0.317 e. The van der Waals surface area contributed by atoms with Crippen LogP contribution in [0.1, 0.15) is 37.7 Å². The summed E-state index contributed by atoms with van der Waals surface area (Å²) in [6.45, 7) is 0.764. The summed E-state index contributed by atoms with van der Waals surface area (Å²) in [6.07, 6.45) is 4.31. The van der Waals surface area contributed by atoms with E-state index >= 15 is 0 Å². The molecule has 2 N–H and O–H groups in total. The maximum absolute atomic E-state index is 12.1. The van der Waals surface area contributed by atoms with E-state index in [-0.39, 0.29) is 24.4 Å². The summed E-state index contributed by atoms with van der Waals surface area (Å²) < 4.78 is 0. The fraction of sp³-hybridized carbons (Fsp3) is 0.529. The third-order valence-corrected chi connectivity index (χ3v) is 4.86. The lowest BCUT2D eigenvalue weighted by Gasteiger charge is -2.31. The van der Waals surface area contributed by atoms with E-state index < -0.39 is 5.97 Å². The van der Waals surface area contributed by atoms with Gasteiger partial charge >= 0.3 is 12.0 Å². The van der Waals surface area contributed by atoms with Crippen molar-refractivity contribution in [2.75, 3.05) is 20.1 Å². The number of hydrogen-bond acceptors (Lipinski definition) is 2. The first-order chi connectivity index (χ1) is 10.9. The van der Waals surface area contributed by atoms with Crippen molar-refractivity contribution in [3.8, 4) is 0 Å². The van der Waals surface area contributed by atoms with Gasteiger partial charge in [0, 0.05) is 30.6 Å². The minimum Gasteiger partial charge on any atom is -0.481 e. The first kappa shape index (κ1) is 17.6. The van der Waals surface area contributed by atoms with Crippen LogP contribution in [0.25, 0.3) is 0 Å². The molecule has 23 heavy (non-hydrogen) atoms. The molecule has 0 aliphatic heterocycles. The van der Waals surface area contributed by atoms with Gasteiger partial charge in [0.05, 0.1) is 6.42 Å². The predicted molar refractivity (Wildman–Crippen MR) is 89.9 cm³/mol. The Hall–Kier alpha value is -1.75. The molecule has 6 heteroatoms. The summed E-state index contributed by atoms with van der Waals surface area (Å²) in [5.41, 5.74) is 1.15. The number of rotatable bonds is 6. The van der Waals surface area contributed by atoms with Gasteiger partial charge in [-0.05, 0) is 30.5 Å². The zero-order valence-electron chi connectivity index (χ0n) is 13.3. The van der Waals surface area contributed by atoms with Crippen molar-refractivity contribution in [1.29, 1.82) is 0 Å². The van der Waals surface area contributed by atoms with Gasteiger partial charge < -0.3 is 15.3 Å². The monoisotopic (exact) mass is 338 g/mol. The Balaban J connectivity index is 1.98. The summed E-state index contributed by atoms with van der Waals surface area (Å²) in [6, 6.07) is 7.61. The van der Waals surface area contributed by atoms with E-state index in [0.717, 1.165) is 25.7 Å². The van der Waals surface area contributed by atoms with E-state index in [9.17, 15) is 9.59 Å². The molecule has 0 bridgehead atoms. The Morgan fingerprint density at radius 1 is 1.26 bits per heavy atom. The van der Waals surface area contributed by atoms with Crippen molar-refractivity contribution in [2.45, 2.75) is 37.5 Å². The summed E-state index contributed by atoms with van der Waals surface area (Å²) in [7, 11) is 1.61. The van der Waals surface area contributed by atoms with Gasteiger partial charge in [-0.2, -0.15) is 0 Å². The Bertz CT molecular complexity index is 553. The maximum atomic E-state index is 12.1. The van der Waals surface area contributed by atoms with Crippen LogP contribution in [0.2, 0.25) is 5.02 Å². The topological polar surface area (TPSA) is 69.6 Å². The van der Waals surface area contributed by atoms with Crippen molar-refractivity contribution in [3.05, 3.63) is 34.9 Å². The van der Waals surface area contributed by atoms with Gasteiger partial charge in [0.25, 0.3) is 0 Å². The lowest BCUT2D eigenvalue weighted by molar-refractivity contribution is -0.137. The Morgan fingerprint density at radius 3 is 2.43 bits per heavy atom. The highest BCUT2D eigenvalue weighted by atomic mass is 35.5. The number of nitrogens with one attached hydrogen (secondary N) is 1.